The van der Waals surface area contributed by atoms with Crippen LogP contribution in [-0.2, 0) is 16.9 Å². The first kappa shape index (κ1) is 10.2. The number of nitrogens with zero attached hydrogens (tertiary/aromatic N) is 3. The molecule has 0 aliphatic carbocycles. The van der Waals surface area contributed by atoms with Crippen molar-refractivity contribution in [1.82, 2.24) is 14.8 Å². The summed E-state index contributed by atoms with van der Waals surface area (Å²) in [5, 5.41) is 7.95. The van der Waals surface area contributed by atoms with Crippen molar-refractivity contribution >= 4 is 0 Å². The van der Waals surface area contributed by atoms with Crippen LogP contribution < -0.4 is 0 Å². The Labute approximate surface area is 78.9 Å². The summed E-state index contributed by atoms with van der Waals surface area (Å²) in [7, 11) is 1.69. The van der Waals surface area contributed by atoms with Crippen LogP contribution in [0.25, 0.3) is 0 Å². The van der Waals surface area contributed by atoms with Gasteiger partial charge in [0.15, 0.2) is 5.82 Å². The average molecular weight is 183 g/mol. The highest BCUT2D eigenvalue weighted by atomic mass is 16.5. The Kier molecular flexibility index (Phi) is 3.03. The Morgan fingerprint density at radius 2 is 2.23 bits per heavy atom. The molecule has 1 rings (SSSR count). The summed E-state index contributed by atoms with van der Waals surface area (Å²) < 4.78 is 7.38. The molecule has 0 aliphatic heterocycles. The van der Waals surface area contributed by atoms with Gasteiger partial charge < -0.3 is 9.30 Å². The fourth-order valence-electron chi connectivity index (χ4n) is 1.22. The SMILES string of the molecule is CCCn1cnnc1C(C)(C)OC. The first-order valence-corrected chi connectivity index (χ1v) is 4.55. The van der Waals surface area contributed by atoms with Gasteiger partial charge in [0.05, 0.1) is 0 Å². The van der Waals surface area contributed by atoms with Crippen molar-refractivity contribution in [3.63, 3.8) is 0 Å². The molecule has 0 bridgehead atoms. The van der Waals surface area contributed by atoms with Gasteiger partial charge in [0, 0.05) is 13.7 Å². The van der Waals surface area contributed by atoms with Crippen LogP contribution in [0, 0.1) is 0 Å². The molecule has 0 radical (unpaired) electrons. The molecule has 0 fully saturated rings. The topological polar surface area (TPSA) is 39.9 Å². The maximum atomic E-state index is 5.35. The zero-order valence-corrected chi connectivity index (χ0v) is 8.74. The monoisotopic (exact) mass is 183 g/mol. The van der Waals surface area contributed by atoms with Crippen molar-refractivity contribution in [2.45, 2.75) is 39.3 Å². The number of hydrogen-bond donors (Lipinski definition) is 0. The number of aromatic nitrogens is 3. The fraction of sp³-hybridized carbons (Fsp3) is 0.778. The first-order chi connectivity index (χ1) is 6.11. The predicted octanol–water partition coefficient (Wildman–Crippen LogP) is 1.57. The quantitative estimate of drug-likeness (QED) is 0.711. The van der Waals surface area contributed by atoms with E-state index in [1.54, 1.807) is 13.4 Å². The fourth-order valence-corrected chi connectivity index (χ4v) is 1.22. The highest BCUT2D eigenvalue weighted by Crippen LogP contribution is 2.21. The summed E-state index contributed by atoms with van der Waals surface area (Å²) >= 11 is 0. The van der Waals surface area contributed by atoms with E-state index in [0.29, 0.717) is 0 Å². The summed E-state index contributed by atoms with van der Waals surface area (Å²) in [4.78, 5) is 0. The second-order valence-electron chi connectivity index (χ2n) is 3.56. The molecule has 0 saturated carbocycles. The Morgan fingerprint density at radius 1 is 1.54 bits per heavy atom. The lowest BCUT2D eigenvalue weighted by molar-refractivity contribution is 0.00817. The smallest absolute Gasteiger partial charge is 0.164 e. The molecule has 0 saturated heterocycles. The second-order valence-corrected chi connectivity index (χ2v) is 3.56. The number of ether oxygens (including phenoxy) is 1. The van der Waals surface area contributed by atoms with E-state index in [4.69, 9.17) is 4.74 Å². The van der Waals surface area contributed by atoms with Crippen molar-refractivity contribution in [3.8, 4) is 0 Å². The molecule has 0 spiro atoms. The molecule has 0 amide bonds. The van der Waals surface area contributed by atoms with Crippen LogP contribution in [0.2, 0.25) is 0 Å². The first-order valence-electron chi connectivity index (χ1n) is 4.55. The van der Waals surface area contributed by atoms with Crippen LogP contribution in [0.1, 0.15) is 33.0 Å². The van der Waals surface area contributed by atoms with Gasteiger partial charge >= 0.3 is 0 Å². The van der Waals surface area contributed by atoms with E-state index < -0.39 is 0 Å². The zero-order chi connectivity index (χ0) is 9.90. The summed E-state index contributed by atoms with van der Waals surface area (Å²) in [6.45, 7) is 7.05. The Bertz CT molecular complexity index is 268. The van der Waals surface area contributed by atoms with Crippen LogP contribution in [0.4, 0.5) is 0 Å². The van der Waals surface area contributed by atoms with Crippen LogP contribution in [0.3, 0.4) is 0 Å². The minimum absolute atomic E-state index is 0.355. The largest absolute Gasteiger partial charge is 0.371 e. The van der Waals surface area contributed by atoms with Crippen LogP contribution in [-0.4, -0.2) is 21.9 Å². The molecule has 0 atom stereocenters. The summed E-state index contributed by atoms with van der Waals surface area (Å²) in [6, 6.07) is 0. The van der Waals surface area contributed by atoms with E-state index in [2.05, 4.69) is 17.1 Å². The van der Waals surface area contributed by atoms with Gasteiger partial charge in [0.25, 0.3) is 0 Å². The number of methoxy groups -OCH3 is 1. The molecule has 74 valence electrons. The van der Waals surface area contributed by atoms with Gasteiger partial charge in [-0.3, -0.25) is 0 Å². The normalized spacial score (nSPS) is 12.0. The lowest BCUT2D eigenvalue weighted by Crippen LogP contribution is -2.24. The third-order valence-corrected chi connectivity index (χ3v) is 2.13. The lowest BCUT2D eigenvalue weighted by Gasteiger charge is -2.22. The standard InChI is InChI=1S/C9H17N3O/c1-5-6-12-7-10-11-8(12)9(2,3)13-4/h7H,5-6H2,1-4H3. The van der Waals surface area contributed by atoms with Crippen LogP contribution >= 0.6 is 0 Å². The molecule has 0 N–H and O–H groups in total. The summed E-state index contributed by atoms with van der Waals surface area (Å²) in [5.74, 6) is 0.886. The van der Waals surface area contributed by atoms with Gasteiger partial charge in [0.2, 0.25) is 0 Å². The summed E-state index contributed by atoms with van der Waals surface area (Å²) in [6.07, 6.45) is 2.82. The third kappa shape index (κ3) is 2.06. The van der Waals surface area contributed by atoms with E-state index >= 15 is 0 Å². The van der Waals surface area contributed by atoms with Crippen LogP contribution in [0.5, 0.6) is 0 Å². The zero-order valence-electron chi connectivity index (χ0n) is 8.74. The van der Waals surface area contributed by atoms with E-state index in [0.717, 1.165) is 18.8 Å². The number of rotatable bonds is 4. The van der Waals surface area contributed by atoms with Gasteiger partial charge in [-0.1, -0.05) is 6.92 Å². The van der Waals surface area contributed by atoms with E-state index in [-0.39, 0.29) is 5.60 Å². The van der Waals surface area contributed by atoms with Crippen LogP contribution in [0.15, 0.2) is 6.33 Å². The van der Waals surface area contributed by atoms with Gasteiger partial charge in [-0.15, -0.1) is 10.2 Å². The second kappa shape index (κ2) is 3.87. The molecule has 1 heterocycles. The van der Waals surface area contributed by atoms with Crippen molar-refractivity contribution in [3.05, 3.63) is 12.2 Å². The Hall–Kier alpha value is -0.900. The van der Waals surface area contributed by atoms with Crippen molar-refractivity contribution in [1.29, 1.82) is 0 Å². The maximum absolute atomic E-state index is 5.35. The average Bonchev–Trinajstić information content (AvgIpc) is 2.54. The highest BCUT2D eigenvalue weighted by Gasteiger charge is 2.25. The van der Waals surface area contributed by atoms with Gasteiger partial charge in [-0.2, -0.15) is 0 Å². The van der Waals surface area contributed by atoms with Gasteiger partial charge in [-0.05, 0) is 20.3 Å². The number of aryl methyl sites for hydroxylation is 1. The molecule has 13 heavy (non-hydrogen) atoms. The molecule has 0 aliphatic rings. The molecule has 0 unspecified atom stereocenters. The Balaban J connectivity index is 2.93. The molecule has 1 aromatic heterocycles. The van der Waals surface area contributed by atoms with Gasteiger partial charge in [0.1, 0.15) is 11.9 Å². The van der Waals surface area contributed by atoms with Crippen molar-refractivity contribution in [2.24, 2.45) is 0 Å². The minimum Gasteiger partial charge on any atom is -0.371 e. The molecule has 0 aromatic carbocycles. The Morgan fingerprint density at radius 3 is 2.77 bits per heavy atom. The van der Waals surface area contributed by atoms with Crippen molar-refractivity contribution in [2.75, 3.05) is 7.11 Å². The molecule has 1 aromatic rings. The third-order valence-electron chi connectivity index (χ3n) is 2.13. The molecule has 4 nitrogen and oxygen atoms in total. The molecule has 4 heteroatoms. The lowest BCUT2D eigenvalue weighted by atomic mass is 10.1. The minimum atomic E-state index is -0.355. The molecular formula is C9H17N3O. The maximum Gasteiger partial charge on any atom is 0.164 e. The summed E-state index contributed by atoms with van der Waals surface area (Å²) in [5.41, 5.74) is -0.355. The highest BCUT2D eigenvalue weighted by molar-refractivity contribution is 4.98. The van der Waals surface area contributed by atoms with Gasteiger partial charge in [-0.25, -0.2) is 0 Å². The number of hydrogen-bond acceptors (Lipinski definition) is 3. The van der Waals surface area contributed by atoms with E-state index in [1.165, 1.54) is 0 Å². The van der Waals surface area contributed by atoms with E-state index in [9.17, 15) is 0 Å². The van der Waals surface area contributed by atoms with Crippen molar-refractivity contribution < 1.29 is 4.74 Å². The van der Waals surface area contributed by atoms with E-state index in [1.807, 2.05) is 18.4 Å². The molecular weight excluding hydrogens is 166 g/mol. The predicted molar refractivity (Wildman–Crippen MR) is 50.3 cm³/mol.